The molecule has 34 heavy (non-hydrogen) atoms. The van der Waals surface area contributed by atoms with Gasteiger partial charge in [0.25, 0.3) is 0 Å². The number of carbonyl (C=O) groups is 1. The van der Waals surface area contributed by atoms with Gasteiger partial charge in [-0.15, -0.1) is 0 Å². The fraction of sp³-hybridized carbons (Fsp3) is 0.222. The van der Waals surface area contributed by atoms with Crippen molar-refractivity contribution in [2.45, 2.75) is 31.8 Å². The fourth-order valence-electron chi connectivity index (χ4n) is 4.03. The zero-order valence-electron chi connectivity index (χ0n) is 18.5. The van der Waals surface area contributed by atoms with E-state index in [1.807, 2.05) is 30.3 Å². The van der Waals surface area contributed by atoms with E-state index in [-0.39, 0.29) is 17.5 Å². The topological polar surface area (TPSA) is 84.3 Å². The van der Waals surface area contributed by atoms with Crippen molar-refractivity contribution in [1.82, 2.24) is 9.97 Å². The first-order chi connectivity index (χ1) is 16.6. The Balaban J connectivity index is 1.30. The van der Waals surface area contributed by atoms with Gasteiger partial charge in [0.1, 0.15) is 29.3 Å². The lowest BCUT2D eigenvalue weighted by molar-refractivity contribution is 0.0680. The van der Waals surface area contributed by atoms with Gasteiger partial charge in [-0.05, 0) is 48.8 Å². The van der Waals surface area contributed by atoms with E-state index < -0.39 is 5.97 Å². The summed E-state index contributed by atoms with van der Waals surface area (Å²) in [7, 11) is 0. The van der Waals surface area contributed by atoms with E-state index in [2.05, 4.69) is 15.3 Å². The second-order valence-electron chi connectivity index (χ2n) is 8.41. The van der Waals surface area contributed by atoms with Crippen molar-refractivity contribution in [2.75, 3.05) is 11.9 Å². The van der Waals surface area contributed by atoms with Crippen molar-refractivity contribution in [3.63, 3.8) is 0 Å². The molecule has 0 radical (unpaired) electrons. The number of carboxylic acid groups (broad SMARTS) is 1. The quantitative estimate of drug-likeness (QED) is 0.352. The lowest BCUT2D eigenvalue weighted by Crippen LogP contribution is -2.25. The second-order valence-corrected chi connectivity index (χ2v) is 8.41. The summed E-state index contributed by atoms with van der Waals surface area (Å²) in [5.74, 6) is -0.253. The van der Waals surface area contributed by atoms with Crippen LogP contribution in [0.25, 0.3) is 22.0 Å². The van der Waals surface area contributed by atoms with Gasteiger partial charge in [-0.3, -0.25) is 0 Å². The molecule has 0 amide bonds. The predicted molar refractivity (Wildman–Crippen MR) is 129 cm³/mol. The van der Waals surface area contributed by atoms with Crippen LogP contribution in [0.3, 0.4) is 0 Å². The van der Waals surface area contributed by atoms with Crippen LogP contribution in [0.15, 0.2) is 67.0 Å². The van der Waals surface area contributed by atoms with Gasteiger partial charge in [-0.1, -0.05) is 42.5 Å². The maximum absolute atomic E-state index is 14.8. The maximum Gasteiger partial charge on any atom is 0.339 e. The Morgan fingerprint density at radius 1 is 1.09 bits per heavy atom. The molecule has 5 rings (SSSR count). The van der Waals surface area contributed by atoms with Gasteiger partial charge < -0.3 is 15.2 Å². The zero-order chi connectivity index (χ0) is 23.5. The minimum atomic E-state index is -1.02. The smallest absolute Gasteiger partial charge is 0.339 e. The summed E-state index contributed by atoms with van der Waals surface area (Å²) in [5, 5.41) is 14.2. The van der Waals surface area contributed by atoms with Crippen LogP contribution in [0.4, 0.5) is 10.2 Å². The molecule has 3 aromatic carbocycles. The fourth-order valence-corrected chi connectivity index (χ4v) is 4.03. The molecule has 0 unspecified atom stereocenters. The number of ether oxygens (including phenoxy) is 1. The summed E-state index contributed by atoms with van der Waals surface area (Å²) in [4.78, 5) is 20.2. The molecule has 0 aliphatic heterocycles. The summed E-state index contributed by atoms with van der Waals surface area (Å²) in [6.45, 7) is 0.500. The summed E-state index contributed by atoms with van der Waals surface area (Å²) < 4.78 is 20.7. The van der Waals surface area contributed by atoms with Crippen LogP contribution in [-0.4, -0.2) is 33.7 Å². The number of aromatic nitrogens is 2. The normalized spacial score (nSPS) is 13.4. The van der Waals surface area contributed by atoms with Crippen LogP contribution < -0.4 is 10.1 Å². The largest absolute Gasteiger partial charge is 0.490 e. The number of hydrogen-bond donors (Lipinski definition) is 2. The number of fused-ring (bicyclic) bond motifs is 1. The molecule has 1 aliphatic rings. The van der Waals surface area contributed by atoms with Gasteiger partial charge in [0.15, 0.2) is 0 Å². The molecule has 1 saturated carbocycles. The first kappa shape index (κ1) is 21.8. The molecule has 2 N–H and O–H groups in total. The molecule has 1 aromatic heterocycles. The number of benzene rings is 3. The second kappa shape index (κ2) is 9.47. The predicted octanol–water partition coefficient (Wildman–Crippen LogP) is 5.72. The molecule has 0 atom stereocenters. The number of nitrogens with one attached hydrogen (secondary N) is 1. The lowest BCUT2D eigenvalue weighted by atomic mass is 9.96. The Morgan fingerprint density at radius 3 is 2.74 bits per heavy atom. The molecule has 1 heterocycles. The zero-order valence-corrected chi connectivity index (χ0v) is 18.5. The van der Waals surface area contributed by atoms with E-state index >= 15 is 0 Å². The van der Waals surface area contributed by atoms with Gasteiger partial charge in [0.05, 0.1) is 11.8 Å². The highest BCUT2D eigenvalue weighted by Gasteiger charge is 2.22. The number of hydrogen-bond acceptors (Lipinski definition) is 5. The number of carboxylic acids is 1. The molecule has 6 nitrogen and oxygen atoms in total. The van der Waals surface area contributed by atoms with Crippen molar-refractivity contribution in [1.29, 1.82) is 0 Å². The van der Waals surface area contributed by atoms with Gasteiger partial charge >= 0.3 is 5.97 Å². The van der Waals surface area contributed by atoms with Gasteiger partial charge in [-0.2, -0.15) is 0 Å². The minimum Gasteiger partial charge on any atom is -0.490 e. The maximum atomic E-state index is 14.8. The van der Waals surface area contributed by atoms with Gasteiger partial charge in [-0.25, -0.2) is 19.2 Å². The van der Waals surface area contributed by atoms with E-state index in [0.717, 1.165) is 30.2 Å². The highest BCUT2D eigenvalue weighted by molar-refractivity contribution is 5.92. The van der Waals surface area contributed by atoms with Crippen molar-refractivity contribution in [3.05, 3.63) is 83.9 Å². The van der Waals surface area contributed by atoms with Crippen LogP contribution in [0.1, 0.15) is 35.2 Å². The third kappa shape index (κ3) is 4.55. The van der Waals surface area contributed by atoms with Crippen LogP contribution >= 0.6 is 0 Å². The molecule has 172 valence electrons. The monoisotopic (exact) mass is 457 g/mol. The van der Waals surface area contributed by atoms with E-state index in [1.165, 1.54) is 6.33 Å². The minimum absolute atomic E-state index is 0.0616. The average molecular weight is 458 g/mol. The van der Waals surface area contributed by atoms with Crippen LogP contribution in [0.5, 0.6) is 5.75 Å². The Bertz CT molecular complexity index is 1350. The summed E-state index contributed by atoms with van der Waals surface area (Å²) in [6, 6.07) is 17.9. The number of nitrogens with zero attached hydrogens (tertiary/aromatic N) is 2. The standard InChI is InChI=1S/C27H24FN3O3/c28-26-18(9-8-17-4-1-2-7-21(17)26)12-13-29-25-15-23(30-16-31-25)19-10-11-22(27(32)33)24(14-19)34-20-5-3-6-20/h1-2,4,7-11,14-16,20H,3,5-6,12-13H2,(H,32,33)(H,29,30,31). The molecule has 0 bridgehead atoms. The molecule has 7 heteroatoms. The van der Waals surface area contributed by atoms with Gasteiger partial charge in [0, 0.05) is 23.6 Å². The first-order valence-electron chi connectivity index (χ1n) is 11.3. The van der Waals surface area contributed by atoms with Crippen molar-refractivity contribution in [3.8, 4) is 17.0 Å². The molecular formula is C27H24FN3O3. The van der Waals surface area contributed by atoms with Crippen molar-refractivity contribution in [2.24, 2.45) is 0 Å². The molecule has 0 spiro atoms. The number of halogens is 1. The van der Waals surface area contributed by atoms with E-state index in [1.54, 1.807) is 30.3 Å². The average Bonchev–Trinajstić information content (AvgIpc) is 2.83. The number of anilines is 1. The van der Waals surface area contributed by atoms with Crippen LogP contribution in [0.2, 0.25) is 0 Å². The SMILES string of the molecule is O=C(O)c1ccc(-c2cc(NCCc3ccc4ccccc4c3F)ncn2)cc1OC1CCC1. The Kier molecular flexibility index (Phi) is 6.08. The van der Waals surface area contributed by atoms with Crippen LogP contribution in [-0.2, 0) is 6.42 Å². The van der Waals surface area contributed by atoms with Crippen molar-refractivity contribution >= 4 is 22.6 Å². The number of aromatic carboxylic acids is 1. The Labute approximate surface area is 196 Å². The molecular weight excluding hydrogens is 433 g/mol. The third-order valence-electron chi connectivity index (χ3n) is 6.16. The molecule has 0 saturated heterocycles. The Hall–Kier alpha value is -4.00. The number of rotatable bonds is 8. The molecule has 1 fully saturated rings. The molecule has 4 aromatic rings. The van der Waals surface area contributed by atoms with Crippen molar-refractivity contribution < 1.29 is 19.0 Å². The summed E-state index contributed by atoms with van der Waals surface area (Å²) >= 11 is 0. The third-order valence-corrected chi connectivity index (χ3v) is 6.16. The van der Waals surface area contributed by atoms with E-state index in [9.17, 15) is 14.3 Å². The van der Waals surface area contributed by atoms with E-state index in [4.69, 9.17) is 4.74 Å². The lowest BCUT2D eigenvalue weighted by Gasteiger charge is -2.27. The first-order valence-corrected chi connectivity index (χ1v) is 11.3. The molecule has 1 aliphatic carbocycles. The highest BCUT2D eigenvalue weighted by atomic mass is 19.1. The Morgan fingerprint density at radius 2 is 1.94 bits per heavy atom. The van der Waals surface area contributed by atoms with Gasteiger partial charge in [0.2, 0.25) is 0 Å². The van der Waals surface area contributed by atoms with Crippen LogP contribution in [0, 0.1) is 5.82 Å². The summed E-state index contributed by atoms with van der Waals surface area (Å²) in [6.07, 6.45) is 4.97. The highest BCUT2D eigenvalue weighted by Crippen LogP contribution is 2.31. The van der Waals surface area contributed by atoms with E-state index in [0.29, 0.717) is 41.2 Å². The summed E-state index contributed by atoms with van der Waals surface area (Å²) in [5.41, 5.74) is 2.16.